The maximum absolute atomic E-state index is 9.27. The van der Waals surface area contributed by atoms with E-state index in [4.69, 9.17) is 4.74 Å². The number of hydrogen-bond donors (Lipinski definition) is 1. The summed E-state index contributed by atoms with van der Waals surface area (Å²) in [4.78, 5) is 0. The summed E-state index contributed by atoms with van der Waals surface area (Å²) in [6.45, 7) is 4.57. The van der Waals surface area contributed by atoms with Gasteiger partial charge in [0.1, 0.15) is 0 Å². The molecule has 1 saturated heterocycles. The molecule has 1 N–H and O–H groups in total. The Hall–Kier alpha value is -0.0800. The van der Waals surface area contributed by atoms with Gasteiger partial charge in [-0.05, 0) is 42.9 Å². The van der Waals surface area contributed by atoms with Crippen molar-refractivity contribution in [1.29, 1.82) is 0 Å². The molecule has 0 unspecified atom stereocenters. The Labute approximate surface area is 80.3 Å². The predicted octanol–water partition coefficient (Wildman–Crippen LogP) is 1.97. The third-order valence-electron chi connectivity index (χ3n) is 3.79. The summed E-state index contributed by atoms with van der Waals surface area (Å²) in [5, 5.41) is 9.27. The second-order valence-corrected chi connectivity index (χ2v) is 5.26. The summed E-state index contributed by atoms with van der Waals surface area (Å²) in [5.74, 6) is 0. The van der Waals surface area contributed by atoms with E-state index in [1.165, 1.54) is 32.1 Å². The summed E-state index contributed by atoms with van der Waals surface area (Å²) in [6.07, 6.45) is 6.03. The zero-order valence-electron chi connectivity index (χ0n) is 8.51. The number of aliphatic hydroxyl groups excluding tert-OH is 1. The number of aliphatic hydroxyl groups is 1. The van der Waals surface area contributed by atoms with Crippen LogP contribution in [0.1, 0.15) is 39.0 Å². The molecule has 2 heteroatoms. The van der Waals surface area contributed by atoms with Crippen LogP contribution in [0.4, 0.5) is 0 Å². The van der Waals surface area contributed by atoms with Crippen LogP contribution in [0, 0.1) is 10.8 Å². The highest BCUT2D eigenvalue weighted by molar-refractivity contribution is 4.97. The molecule has 76 valence electrons. The molecule has 0 spiro atoms. The number of rotatable bonds is 3. The highest BCUT2D eigenvalue weighted by atomic mass is 16.5. The molecule has 0 aromatic heterocycles. The quantitative estimate of drug-likeness (QED) is 0.726. The predicted molar refractivity (Wildman–Crippen MR) is 51.5 cm³/mol. The highest BCUT2D eigenvalue weighted by Gasteiger charge is 2.47. The average Bonchev–Trinajstić information content (AvgIpc) is 2.86. The topological polar surface area (TPSA) is 29.5 Å². The van der Waals surface area contributed by atoms with Crippen LogP contribution >= 0.6 is 0 Å². The van der Waals surface area contributed by atoms with Gasteiger partial charge in [0.2, 0.25) is 0 Å². The molecule has 0 amide bonds. The molecule has 0 aromatic carbocycles. The first-order valence-corrected chi connectivity index (χ1v) is 5.37. The second kappa shape index (κ2) is 3.25. The molecule has 0 radical (unpaired) electrons. The van der Waals surface area contributed by atoms with E-state index in [-0.39, 0.29) is 0 Å². The van der Waals surface area contributed by atoms with Gasteiger partial charge in [-0.3, -0.25) is 0 Å². The first kappa shape index (κ1) is 9.47. The van der Waals surface area contributed by atoms with Crippen molar-refractivity contribution in [2.24, 2.45) is 10.8 Å². The normalized spacial score (nSPS) is 30.0. The van der Waals surface area contributed by atoms with Crippen LogP contribution in [0.25, 0.3) is 0 Å². The minimum atomic E-state index is 0.312. The number of hydrogen-bond acceptors (Lipinski definition) is 2. The molecule has 0 aromatic rings. The van der Waals surface area contributed by atoms with Crippen LogP contribution in [0.5, 0.6) is 0 Å². The molecule has 13 heavy (non-hydrogen) atoms. The SMILES string of the molecule is CC1(CC2(CO)CC2)CCOCC1. The summed E-state index contributed by atoms with van der Waals surface area (Å²) in [7, 11) is 0. The molecule has 1 aliphatic heterocycles. The van der Waals surface area contributed by atoms with Crippen LogP contribution < -0.4 is 0 Å². The Bertz CT molecular complexity index is 179. The maximum Gasteiger partial charge on any atom is 0.0487 e. The third-order valence-corrected chi connectivity index (χ3v) is 3.79. The van der Waals surface area contributed by atoms with Gasteiger partial charge in [0.25, 0.3) is 0 Å². The summed E-state index contributed by atoms with van der Waals surface area (Å²) in [6, 6.07) is 0. The fourth-order valence-electron chi connectivity index (χ4n) is 2.51. The number of ether oxygens (including phenoxy) is 1. The largest absolute Gasteiger partial charge is 0.396 e. The van der Waals surface area contributed by atoms with Crippen LogP contribution in [-0.2, 0) is 4.74 Å². The Morgan fingerprint density at radius 3 is 2.23 bits per heavy atom. The van der Waals surface area contributed by atoms with Crippen LogP contribution in [-0.4, -0.2) is 24.9 Å². The van der Waals surface area contributed by atoms with Crippen molar-refractivity contribution in [3.63, 3.8) is 0 Å². The van der Waals surface area contributed by atoms with Gasteiger partial charge in [-0.25, -0.2) is 0 Å². The summed E-state index contributed by atoms with van der Waals surface area (Å²) < 4.78 is 5.37. The Balaban J connectivity index is 1.91. The second-order valence-electron chi connectivity index (χ2n) is 5.26. The Morgan fingerprint density at radius 1 is 1.15 bits per heavy atom. The van der Waals surface area contributed by atoms with Crippen molar-refractivity contribution in [3.05, 3.63) is 0 Å². The van der Waals surface area contributed by atoms with Gasteiger partial charge in [0, 0.05) is 19.8 Å². The van der Waals surface area contributed by atoms with Gasteiger partial charge in [-0.1, -0.05) is 6.92 Å². The average molecular weight is 184 g/mol. The first-order valence-electron chi connectivity index (χ1n) is 5.37. The van der Waals surface area contributed by atoms with Gasteiger partial charge in [-0.2, -0.15) is 0 Å². The lowest BCUT2D eigenvalue weighted by molar-refractivity contribution is 0.00318. The van der Waals surface area contributed by atoms with E-state index < -0.39 is 0 Å². The molecule has 1 saturated carbocycles. The van der Waals surface area contributed by atoms with E-state index in [1.54, 1.807) is 0 Å². The molecule has 2 rings (SSSR count). The zero-order chi connectivity index (χ0) is 9.36. The van der Waals surface area contributed by atoms with Crippen molar-refractivity contribution in [3.8, 4) is 0 Å². The minimum absolute atomic E-state index is 0.312. The lowest BCUT2D eigenvalue weighted by Crippen LogP contribution is -2.30. The van der Waals surface area contributed by atoms with Crippen molar-refractivity contribution < 1.29 is 9.84 Å². The molecular weight excluding hydrogens is 164 g/mol. The Morgan fingerprint density at radius 2 is 1.77 bits per heavy atom. The van der Waals surface area contributed by atoms with Gasteiger partial charge in [0.15, 0.2) is 0 Å². The standard InChI is InChI=1S/C11H20O2/c1-10(4-6-13-7-5-10)8-11(9-12)2-3-11/h12H,2-9H2,1H3. The zero-order valence-corrected chi connectivity index (χ0v) is 8.51. The van der Waals surface area contributed by atoms with Crippen LogP contribution in [0.3, 0.4) is 0 Å². The van der Waals surface area contributed by atoms with E-state index in [9.17, 15) is 5.11 Å². The monoisotopic (exact) mass is 184 g/mol. The van der Waals surface area contributed by atoms with Gasteiger partial charge in [-0.15, -0.1) is 0 Å². The molecule has 1 aliphatic carbocycles. The molecule has 0 bridgehead atoms. The van der Waals surface area contributed by atoms with Crippen LogP contribution in [0.2, 0.25) is 0 Å². The van der Waals surface area contributed by atoms with Gasteiger partial charge >= 0.3 is 0 Å². The highest BCUT2D eigenvalue weighted by Crippen LogP contribution is 2.55. The lowest BCUT2D eigenvalue weighted by Gasteiger charge is -2.36. The van der Waals surface area contributed by atoms with Crippen molar-refractivity contribution >= 4 is 0 Å². The maximum atomic E-state index is 9.27. The van der Waals surface area contributed by atoms with Gasteiger partial charge in [0.05, 0.1) is 0 Å². The molecule has 0 atom stereocenters. The summed E-state index contributed by atoms with van der Waals surface area (Å²) >= 11 is 0. The lowest BCUT2D eigenvalue weighted by atomic mass is 9.74. The van der Waals surface area contributed by atoms with E-state index in [0.717, 1.165) is 13.2 Å². The van der Waals surface area contributed by atoms with E-state index >= 15 is 0 Å². The Kier molecular flexibility index (Phi) is 2.37. The molecule has 2 nitrogen and oxygen atoms in total. The third kappa shape index (κ3) is 2.05. The molecule has 2 aliphatic rings. The van der Waals surface area contributed by atoms with E-state index in [0.29, 0.717) is 17.4 Å². The molecular formula is C11H20O2. The fourth-order valence-corrected chi connectivity index (χ4v) is 2.51. The smallest absolute Gasteiger partial charge is 0.0487 e. The van der Waals surface area contributed by atoms with E-state index in [1.807, 2.05) is 0 Å². The molecule has 1 heterocycles. The molecule has 2 fully saturated rings. The van der Waals surface area contributed by atoms with Crippen LogP contribution in [0.15, 0.2) is 0 Å². The minimum Gasteiger partial charge on any atom is -0.396 e. The van der Waals surface area contributed by atoms with Crippen molar-refractivity contribution in [2.45, 2.75) is 39.0 Å². The van der Waals surface area contributed by atoms with Gasteiger partial charge < -0.3 is 9.84 Å². The van der Waals surface area contributed by atoms with Crippen molar-refractivity contribution in [2.75, 3.05) is 19.8 Å². The fraction of sp³-hybridized carbons (Fsp3) is 1.00. The van der Waals surface area contributed by atoms with E-state index in [2.05, 4.69) is 6.92 Å². The van der Waals surface area contributed by atoms with Crippen molar-refractivity contribution in [1.82, 2.24) is 0 Å². The first-order chi connectivity index (χ1) is 6.18. The summed E-state index contributed by atoms with van der Waals surface area (Å²) in [5.41, 5.74) is 0.754.